The molecule has 0 radical (unpaired) electrons. The maximum Gasteiger partial charge on any atom is 0.212 e. The first-order valence-electron chi connectivity index (χ1n) is 5.78. The number of hydrogen-bond donors (Lipinski definition) is 1. The van der Waals surface area contributed by atoms with E-state index in [2.05, 4.69) is 4.72 Å². The normalized spacial score (nSPS) is 16.9. The van der Waals surface area contributed by atoms with Crippen molar-refractivity contribution in [2.24, 2.45) is 5.92 Å². The van der Waals surface area contributed by atoms with E-state index < -0.39 is 16.3 Å². The first kappa shape index (κ1) is 13.9. The van der Waals surface area contributed by atoms with Gasteiger partial charge in [-0.15, -0.1) is 0 Å². The molecule has 0 aromatic rings. The van der Waals surface area contributed by atoms with Crippen LogP contribution in [-0.4, -0.2) is 40.2 Å². The van der Waals surface area contributed by atoms with Crippen molar-refractivity contribution in [1.82, 2.24) is 4.72 Å². The Morgan fingerprint density at radius 2 is 1.81 bits per heavy atom. The van der Waals surface area contributed by atoms with Gasteiger partial charge in [0.1, 0.15) is 0 Å². The lowest BCUT2D eigenvalue weighted by atomic mass is 10.5. The van der Waals surface area contributed by atoms with Gasteiger partial charge in [0.15, 0.2) is 6.29 Å². The second-order valence-electron chi connectivity index (χ2n) is 3.91. The molecule has 0 spiro atoms. The first-order chi connectivity index (χ1) is 7.57. The number of ether oxygens (including phenoxy) is 2. The number of nitrogens with one attached hydrogen (secondary N) is 1. The lowest BCUT2D eigenvalue weighted by Gasteiger charge is -2.17. The summed E-state index contributed by atoms with van der Waals surface area (Å²) in [5.41, 5.74) is 0. The summed E-state index contributed by atoms with van der Waals surface area (Å²) in [5, 5.41) is 0. The molecular weight excluding hydrogens is 230 g/mol. The minimum absolute atomic E-state index is 0.191. The van der Waals surface area contributed by atoms with Gasteiger partial charge in [-0.2, -0.15) is 0 Å². The van der Waals surface area contributed by atoms with Crippen LogP contribution >= 0.6 is 0 Å². The van der Waals surface area contributed by atoms with E-state index in [4.69, 9.17) is 9.47 Å². The maximum atomic E-state index is 11.6. The molecule has 1 rings (SSSR count). The summed E-state index contributed by atoms with van der Waals surface area (Å²) in [6, 6.07) is 0. The molecule has 0 saturated heterocycles. The average Bonchev–Trinajstić information content (AvgIpc) is 2.98. The highest BCUT2D eigenvalue weighted by Gasteiger charge is 2.28. The number of sulfonamides is 1. The fraction of sp³-hybridized carbons (Fsp3) is 1.00. The second kappa shape index (κ2) is 6.54. The van der Waals surface area contributed by atoms with Crippen LogP contribution in [0, 0.1) is 5.92 Å². The van der Waals surface area contributed by atoms with Gasteiger partial charge in [0.25, 0.3) is 0 Å². The van der Waals surface area contributed by atoms with Gasteiger partial charge < -0.3 is 9.47 Å². The summed E-state index contributed by atoms with van der Waals surface area (Å²) in [7, 11) is -3.16. The van der Waals surface area contributed by atoms with E-state index in [9.17, 15) is 8.42 Å². The number of hydrogen-bond acceptors (Lipinski definition) is 4. The minimum atomic E-state index is -3.16. The molecule has 0 amide bonds. The summed E-state index contributed by atoms with van der Waals surface area (Å²) in [4.78, 5) is 0. The van der Waals surface area contributed by atoms with Crippen LogP contribution in [0.5, 0.6) is 0 Å². The largest absolute Gasteiger partial charge is 0.352 e. The van der Waals surface area contributed by atoms with E-state index in [1.54, 1.807) is 0 Å². The predicted octanol–water partition coefficient (Wildman–Crippen LogP) is 0.715. The Labute approximate surface area is 97.6 Å². The first-order valence-corrected chi connectivity index (χ1v) is 7.43. The van der Waals surface area contributed by atoms with E-state index in [1.165, 1.54) is 0 Å². The zero-order valence-corrected chi connectivity index (χ0v) is 10.8. The molecular formula is C10H21NO4S. The molecule has 6 heteroatoms. The van der Waals surface area contributed by atoms with Crippen molar-refractivity contribution in [3.8, 4) is 0 Å². The summed E-state index contributed by atoms with van der Waals surface area (Å²) < 4.78 is 36.2. The lowest BCUT2D eigenvalue weighted by Crippen LogP contribution is -2.36. The fourth-order valence-electron chi connectivity index (χ4n) is 1.39. The molecule has 5 nitrogen and oxygen atoms in total. The van der Waals surface area contributed by atoms with E-state index in [0.717, 1.165) is 12.8 Å². The van der Waals surface area contributed by atoms with Gasteiger partial charge in [-0.3, -0.25) is 0 Å². The Bertz CT molecular complexity index is 281. The Morgan fingerprint density at radius 3 is 2.25 bits per heavy atom. The van der Waals surface area contributed by atoms with Gasteiger partial charge >= 0.3 is 0 Å². The molecule has 0 aromatic heterocycles. The minimum Gasteiger partial charge on any atom is -0.352 e. The average molecular weight is 251 g/mol. The molecule has 16 heavy (non-hydrogen) atoms. The van der Waals surface area contributed by atoms with E-state index in [1.807, 2.05) is 13.8 Å². The third kappa shape index (κ3) is 5.79. The Morgan fingerprint density at radius 1 is 1.25 bits per heavy atom. The molecule has 1 aliphatic carbocycles. The standard InChI is InChI=1S/C10H21NO4S/c1-3-14-10(15-4-2)7-11-16(12,13)8-9-5-6-9/h9-11H,3-8H2,1-2H3. The van der Waals surface area contributed by atoms with Crippen LogP contribution in [0.2, 0.25) is 0 Å². The third-order valence-electron chi connectivity index (χ3n) is 2.33. The highest BCUT2D eigenvalue weighted by atomic mass is 32.2. The van der Waals surface area contributed by atoms with Crippen LogP contribution in [0.3, 0.4) is 0 Å². The molecule has 0 heterocycles. The summed E-state index contributed by atoms with van der Waals surface area (Å²) in [6.07, 6.45) is 1.58. The molecule has 96 valence electrons. The topological polar surface area (TPSA) is 64.6 Å². The Balaban J connectivity index is 2.28. The molecule has 1 fully saturated rings. The molecule has 0 atom stereocenters. The van der Waals surface area contributed by atoms with Crippen molar-refractivity contribution in [2.45, 2.75) is 33.0 Å². The highest BCUT2D eigenvalue weighted by molar-refractivity contribution is 7.89. The van der Waals surface area contributed by atoms with Gasteiger partial charge in [0, 0.05) is 13.2 Å². The van der Waals surface area contributed by atoms with Gasteiger partial charge in [-0.05, 0) is 32.6 Å². The Hall–Kier alpha value is -0.170. The van der Waals surface area contributed by atoms with Crippen LogP contribution in [0.1, 0.15) is 26.7 Å². The number of rotatable bonds is 9. The molecule has 0 bridgehead atoms. The van der Waals surface area contributed by atoms with Crippen LogP contribution in [0.4, 0.5) is 0 Å². The molecule has 1 saturated carbocycles. The van der Waals surface area contributed by atoms with Crippen molar-refractivity contribution in [3.63, 3.8) is 0 Å². The lowest BCUT2D eigenvalue weighted by molar-refractivity contribution is -0.130. The van der Waals surface area contributed by atoms with Crippen molar-refractivity contribution in [1.29, 1.82) is 0 Å². The molecule has 1 aliphatic rings. The fourth-order valence-corrected chi connectivity index (χ4v) is 2.85. The van der Waals surface area contributed by atoms with Crippen LogP contribution in [-0.2, 0) is 19.5 Å². The summed E-state index contributed by atoms with van der Waals surface area (Å²) in [6.45, 7) is 4.91. The second-order valence-corrected chi connectivity index (χ2v) is 5.76. The maximum absolute atomic E-state index is 11.6. The zero-order chi connectivity index (χ0) is 12.0. The van der Waals surface area contributed by atoms with Crippen LogP contribution < -0.4 is 4.72 Å². The van der Waals surface area contributed by atoms with Crippen molar-refractivity contribution in [3.05, 3.63) is 0 Å². The smallest absolute Gasteiger partial charge is 0.212 e. The van der Waals surface area contributed by atoms with Gasteiger partial charge in [0.2, 0.25) is 10.0 Å². The monoisotopic (exact) mass is 251 g/mol. The molecule has 1 N–H and O–H groups in total. The third-order valence-corrected chi connectivity index (χ3v) is 3.84. The Kier molecular flexibility index (Phi) is 5.68. The summed E-state index contributed by atoms with van der Waals surface area (Å²) in [5.74, 6) is 0.591. The molecule has 0 aliphatic heterocycles. The van der Waals surface area contributed by atoms with Crippen molar-refractivity contribution >= 4 is 10.0 Å². The molecule has 0 unspecified atom stereocenters. The van der Waals surface area contributed by atoms with Crippen LogP contribution in [0.25, 0.3) is 0 Å². The quantitative estimate of drug-likeness (QED) is 0.613. The molecule has 0 aromatic carbocycles. The van der Waals surface area contributed by atoms with Crippen molar-refractivity contribution < 1.29 is 17.9 Å². The van der Waals surface area contributed by atoms with Gasteiger partial charge in [-0.25, -0.2) is 13.1 Å². The van der Waals surface area contributed by atoms with Crippen molar-refractivity contribution in [2.75, 3.05) is 25.5 Å². The van der Waals surface area contributed by atoms with E-state index >= 15 is 0 Å². The predicted molar refractivity (Wildman–Crippen MR) is 61.6 cm³/mol. The van der Waals surface area contributed by atoms with Gasteiger partial charge in [0.05, 0.1) is 12.3 Å². The van der Waals surface area contributed by atoms with Crippen LogP contribution in [0.15, 0.2) is 0 Å². The van der Waals surface area contributed by atoms with Gasteiger partial charge in [-0.1, -0.05) is 0 Å². The summed E-state index contributed by atoms with van der Waals surface area (Å²) >= 11 is 0. The SMILES string of the molecule is CCOC(CNS(=O)(=O)CC1CC1)OCC. The van der Waals surface area contributed by atoms with E-state index in [-0.39, 0.29) is 12.3 Å². The van der Waals surface area contributed by atoms with E-state index in [0.29, 0.717) is 19.1 Å². The zero-order valence-electron chi connectivity index (χ0n) is 9.94. The highest BCUT2D eigenvalue weighted by Crippen LogP contribution is 2.29.